The third-order valence-corrected chi connectivity index (χ3v) is 6.58. The number of morpholine rings is 1. The minimum Gasteiger partial charge on any atom is -0.507 e. The van der Waals surface area contributed by atoms with Gasteiger partial charge in [-0.15, -0.1) is 0 Å². The number of hydrogen-bond donors (Lipinski definition) is 1. The van der Waals surface area contributed by atoms with E-state index in [1.54, 1.807) is 30.2 Å². The third-order valence-electron chi connectivity index (χ3n) is 6.58. The van der Waals surface area contributed by atoms with E-state index in [0.29, 0.717) is 17.9 Å². The fourth-order valence-electron chi connectivity index (χ4n) is 4.68. The van der Waals surface area contributed by atoms with Crippen LogP contribution in [0.3, 0.4) is 0 Å². The summed E-state index contributed by atoms with van der Waals surface area (Å²) in [6.07, 6.45) is 0.733. The minimum absolute atomic E-state index is 0.129. The molecule has 2 aromatic carbocycles. The zero-order valence-corrected chi connectivity index (χ0v) is 20.0. The van der Waals surface area contributed by atoms with Crippen molar-refractivity contribution in [2.45, 2.75) is 26.3 Å². The number of ketones is 1. The molecule has 2 saturated heterocycles. The number of hydrogen-bond acceptors (Lipinski definition) is 6. The number of aliphatic hydroxyl groups is 1. The maximum Gasteiger partial charge on any atom is 0.295 e. The van der Waals surface area contributed by atoms with E-state index < -0.39 is 17.7 Å². The first-order valence-corrected chi connectivity index (χ1v) is 11.7. The molecule has 1 atom stereocenters. The second-order valence-corrected chi connectivity index (χ2v) is 8.90. The Morgan fingerprint density at radius 1 is 1.06 bits per heavy atom. The van der Waals surface area contributed by atoms with Gasteiger partial charge in [0.2, 0.25) is 0 Å². The number of carbonyl (C=O) groups is 2. The highest BCUT2D eigenvalue weighted by Crippen LogP contribution is 2.40. The van der Waals surface area contributed by atoms with Crippen LogP contribution in [0.15, 0.2) is 48.0 Å². The van der Waals surface area contributed by atoms with Gasteiger partial charge >= 0.3 is 0 Å². The highest BCUT2D eigenvalue weighted by atomic mass is 16.5. The number of aliphatic hydroxyl groups excluding tert-OH is 1. The van der Waals surface area contributed by atoms with E-state index in [4.69, 9.17) is 9.47 Å². The Balaban J connectivity index is 1.68. The van der Waals surface area contributed by atoms with Crippen LogP contribution in [0.25, 0.3) is 5.76 Å². The first kappa shape index (κ1) is 24.0. The second-order valence-electron chi connectivity index (χ2n) is 8.90. The molecule has 0 saturated carbocycles. The van der Waals surface area contributed by atoms with Crippen molar-refractivity contribution >= 4 is 17.4 Å². The lowest BCUT2D eigenvalue weighted by Crippen LogP contribution is -2.38. The van der Waals surface area contributed by atoms with E-state index in [2.05, 4.69) is 4.90 Å². The van der Waals surface area contributed by atoms with Gasteiger partial charge in [-0.1, -0.05) is 29.8 Å². The average Bonchev–Trinajstić information content (AvgIpc) is 3.09. The number of amides is 1. The lowest BCUT2D eigenvalue weighted by Gasteiger charge is -2.29. The number of carbonyl (C=O) groups excluding carboxylic acids is 2. The van der Waals surface area contributed by atoms with Crippen LogP contribution >= 0.6 is 0 Å². The molecule has 1 N–H and O–H groups in total. The normalized spacial score (nSPS) is 20.7. The van der Waals surface area contributed by atoms with Crippen molar-refractivity contribution < 1.29 is 24.2 Å². The zero-order chi connectivity index (χ0) is 24.2. The summed E-state index contributed by atoms with van der Waals surface area (Å²) in [5, 5.41) is 11.2. The number of ether oxygens (including phenoxy) is 2. The molecule has 2 aliphatic rings. The van der Waals surface area contributed by atoms with Gasteiger partial charge < -0.3 is 19.5 Å². The molecule has 0 unspecified atom stereocenters. The van der Waals surface area contributed by atoms with E-state index in [-0.39, 0.29) is 11.3 Å². The van der Waals surface area contributed by atoms with Crippen molar-refractivity contribution in [2.75, 3.05) is 46.5 Å². The van der Waals surface area contributed by atoms with Crippen LogP contribution in [0.1, 0.15) is 34.7 Å². The molecule has 0 radical (unpaired) electrons. The number of rotatable bonds is 7. The van der Waals surface area contributed by atoms with Crippen LogP contribution in [-0.2, 0) is 14.3 Å². The molecular weight excluding hydrogens is 432 g/mol. The molecule has 1 amide bonds. The summed E-state index contributed by atoms with van der Waals surface area (Å²) in [6.45, 7) is 8.29. The average molecular weight is 465 g/mol. The van der Waals surface area contributed by atoms with Gasteiger partial charge in [0.05, 0.1) is 31.9 Å². The molecule has 0 spiro atoms. The molecule has 4 rings (SSSR count). The highest BCUT2D eigenvalue weighted by molar-refractivity contribution is 6.46. The summed E-state index contributed by atoms with van der Waals surface area (Å²) in [6, 6.07) is 12.4. The van der Waals surface area contributed by atoms with Crippen LogP contribution in [0, 0.1) is 13.8 Å². The first-order valence-electron chi connectivity index (χ1n) is 11.7. The number of Topliss-reactive ketones (excluding diaryl/α,β-unsaturated/α-hetero) is 1. The molecule has 2 aromatic rings. The summed E-state index contributed by atoms with van der Waals surface area (Å²) < 4.78 is 10.7. The van der Waals surface area contributed by atoms with Gasteiger partial charge in [-0.05, 0) is 49.6 Å². The van der Waals surface area contributed by atoms with Gasteiger partial charge in [0, 0.05) is 31.7 Å². The van der Waals surface area contributed by atoms with E-state index >= 15 is 0 Å². The Hall–Kier alpha value is -3.16. The molecule has 0 aromatic heterocycles. The summed E-state index contributed by atoms with van der Waals surface area (Å²) in [7, 11) is 1.59. The predicted molar refractivity (Wildman–Crippen MR) is 130 cm³/mol. The number of benzene rings is 2. The predicted octanol–water partition coefficient (Wildman–Crippen LogP) is 3.46. The quantitative estimate of drug-likeness (QED) is 0.384. The Bertz CT molecular complexity index is 1090. The van der Waals surface area contributed by atoms with Crippen LogP contribution in [0.2, 0.25) is 0 Å². The smallest absolute Gasteiger partial charge is 0.295 e. The summed E-state index contributed by atoms with van der Waals surface area (Å²) in [5.74, 6) is -0.692. The van der Waals surface area contributed by atoms with Gasteiger partial charge in [-0.3, -0.25) is 14.5 Å². The van der Waals surface area contributed by atoms with Crippen LogP contribution in [0.5, 0.6) is 5.75 Å². The molecule has 7 heteroatoms. The Labute approximate surface area is 200 Å². The molecular formula is C27H32N2O5. The minimum atomic E-state index is -0.650. The Kier molecular flexibility index (Phi) is 7.34. The molecule has 180 valence electrons. The van der Waals surface area contributed by atoms with Crippen molar-refractivity contribution in [3.63, 3.8) is 0 Å². The van der Waals surface area contributed by atoms with E-state index in [9.17, 15) is 14.7 Å². The van der Waals surface area contributed by atoms with Gasteiger partial charge in [0.25, 0.3) is 11.7 Å². The van der Waals surface area contributed by atoms with Gasteiger partial charge in [0.1, 0.15) is 11.5 Å². The highest BCUT2D eigenvalue weighted by Gasteiger charge is 2.45. The SMILES string of the molecule is COc1ccc(C(O)=C2C(=O)C(=O)N(CCCN3CCOCC3)[C@H]2c2ccc(C)cc2)cc1C. The monoisotopic (exact) mass is 464 g/mol. The van der Waals surface area contributed by atoms with Gasteiger partial charge in [-0.2, -0.15) is 0 Å². The maximum atomic E-state index is 13.2. The van der Waals surface area contributed by atoms with Crippen LogP contribution < -0.4 is 4.74 Å². The van der Waals surface area contributed by atoms with E-state index in [0.717, 1.165) is 56.0 Å². The molecule has 0 bridgehead atoms. The van der Waals surface area contributed by atoms with E-state index in [1.165, 1.54) is 0 Å². The maximum absolute atomic E-state index is 13.2. The van der Waals surface area contributed by atoms with Crippen LogP contribution in [-0.4, -0.2) is 73.1 Å². The molecule has 7 nitrogen and oxygen atoms in total. The van der Waals surface area contributed by atoms with Crippen molar-refractivity contribution in [3.05, 3.63) is 70.3 Å². The van der Waals surface area contributed by atoms with Crippen molar-refractivity contribution in [3.8, 4) is 5.75 Å². The lowest BCUT2D eigenvalue weighted by atomic mass is 9.94. The van der Waals surface area contributed by atoms with Gasteiger partial charge in [-0.25, -0.2) is 0 Å². The number of methoxy groups -OCH3 is 1. The molecule has 34 heavy (non-hydrogen) atoms. The van der Waals surface area contributed by atoms with Crippen molar-refractivity contribution in [2.24, 2.45) is 0 Å². The summed E-state index contributed by atoms with van der Waals surface area (Å²) >= 11 is 0. The Morgan fingerprint density at radius 2 is 1.76 bits per heavy atom. The zero-order valence-electron chi connectivity index (χ0n) is 20.0. The fourth-order valence-corrected chi connectivity index (χ4v) is 4.68. The molecule has 2 heterocycles. The Morgan fingerprint density at radius 3 is 2.41 bits per heavy atom. The fraction of sp³-hybridized carbons (Fsp3) is 0.407. The second kappa shape index (κ2) is 10.4. The molecule has 0 aliphatic carbocycles. The standard InChI is InChI=1S/C27H32N2O5/c1-18-5-7-20(8-6-18)24-23(25(30)21-9-10-22(33-3)19(2)17-21)26(31)27(32)29(24)12-4-11-28-13-15-34-16-14-28/h5-10,17,24,30H,4,11-16H2,1-3H3/t24-/m0/s1. The largest absolute Gasteiger partial charge is 0.507 e. The number of aryl methyl sites for hydroxylation is 2. The molecule has 2 fully saturated rings. The van der Waals surface area contributed by atoms with Crippen molar-refractivity contribution in [1.82, 2.24) is 9.80 Å². The van der Waals surface area contributed by atoms with Gasteiger partial charge in [0.15, 0.2) is 0 Å². The summed E-state index contributed by atoms with van der Waals surface area (Å²) in [4.78, 5) is 30.2. The summed E-state index contributed by atoms with van der Waals surface area (Å²) in [5.41, 5.74) is 3.34. The van der Waals surface area contributed by atoms with Crippen LogP contribution in [0.4, 0.5) is 0 Å². The lowest BCUT2D eigenvalue weighted by molar-refractivity contribution is -0.140. The molecule has 2 aliphatic heterocycles. The van der Waals surface area contributed by atoms with E-state index in [1.807, 2.05) is 38.1 Å². The number of likely N-dealkylation sites (tertiary alicyclic amines) is 1. The topological polar surface area (TPSA) is 79.3 Å². The first-order chi connectivity index (χ1) is 16.4. The third kappa shape index (κ3) is 4.86. The number of nitrogens with zero attached hydrogens (tertiary/aromatic N) is 2. The van der Waals surface area contributed by atoms with Crippen molar-refractivity contribution in [1.29, 1.82) is 0 Å².